The zero-order valence-corrected chi connectivity index (χ0v) is 12.3. The van der Waals surface area contributed by atoms with Crippen LogP contribution in [-0.2, 0) is 11.2 Å². The Labute approximate surface area is 120 Å². The van der Waals surface area contributed by atoms with Gasteiger partial charge in [-0.05, 0) is 19.3 Å². The molecule has 0 aliphatic carbocycles. The van der Waals surface area contributed by atoms with Gasteiger partial charge in [0.2, 0.25) is 5.91 Å². The van der Waals surface area contributed by atoms with Gasteiger partial charge >= 0.3 is 0 Å². The number of rotatable bonds is 5. The quantitative estimate of drug-likeness (QED) is 0.846. The largest absolute Gasteiger partial charge is 0.370 e. The minimum Gasteiger partial charge on any atom is -0.370 e. The van der Waals surface area contributed by atoms with Crippen molar-refractivity contribution in [3.05, 3.63) is 11.9 Å². The second-order valence-electron chi connectivity index (χ2n) is 4.93. The summed E-state index contributed by atoms with van der Waals surface area (Å²) in [6, 6.07) is 0. The van der Waals surface area contributed by atoms with Crippen LogP contribution in [0.5, 0.6) is 0 Å². The molecule has 0 saturated carbocycles. The van der Waals surface area contributed by atoms with Crippen molar-refractivity contribution in [1.82, 2.24) is 15.3 Å². The second kappa shape index (κ2) is 7.07. The van der Waals surface area contributed by atoms with Crippen LogP contribution >= 0.6 is 0 Å². The predicted molar refractivity (Wildman–Crippen MR) is 80.0 cm³/mol. The van der Waals surface area contributed by atoms with E-state index in [-0.39, 0.29) is 5.91 Å². The Morgan fingerprint density at radius 1 is 1.40 bits per heavy atom. The molecule has 0 bridgehead atoms. The third-order valence-electron chi connectivity index (χ3n) is 3.38. The molecule has 0 unspecified atom stereocenters. The van der Waals surface area contributed by atoms with Crippen LogP contribution in [0.4, 0.5) is 11.6 Å². The molecule has 0 spiro atoms. The Kier molecular flexibility index (Phi) is 5.15. The van der Waals surface area contributed by atoms with Crippen LogP contribution in [-0.4, -0.2) is 42.1 Å². The van der Waals surface area contributed by atoms with Crippen molar-refractivity contribution < 1.29 is 4.79 Å². The van der Waals surface area contributed by atoms with Crippen LogP contribution in [0.2, 0.25) is 0 Å². The van der Waals surface area contributed by atoms with Crippen molar-refractivity contribution in [3.8, 4) is 0 Å². The number of amides is 1. The number of hydrogen-bond acceptors (Lipinski definition) is 5. The topological polar surface area (TPSA) is 70.2 Å². The fourth-order valence-corrected chi connectivity index (χ4v) is 2.38. The number of nitrogens with zero attached hydrogens (tertiary/aromatic N) is 3. The lowest BCUT2D eigenvalue weighted by Crippen LogP contribution is -2.34. The molecule has 0 radical (unpaired) electrons. The van der Waals surface area contributed by atoms with E-state index in [1.54, 1.807) is 6.33 Å². The Hall–Kier alpha value is -1.85. The summed E-state index contributed by atoms with van der Waals surface area (Å²) >= 11 is 0. The van der Waals surface area contributed by atoms with Gasteiger partial charge in [-0.3, -0.25) is 4.79 Å². The van der Waals surface area contributed by atoms with E-state index < -0.39 is 0 Å². The first-order chi connectivity index (χ1) is 9.76. The average molecular weight is 277 g/mol. The number of carbonyl (C=O) groups is 1. The van der Waals surface area contributed by atoms with Crippen molar-refractivity contribution >= 4 is 17.5 Å². The highest BCUT2D eigenvalue weighted by Crippen LogP contribution is 2.24. The third kappa shape index (κ3) is 3.37. The zero-order chi connectivity index (χ0) is 14.4. The van der Waals surface area contributed by atoms with Gasteiger partial charge in [0.1, 0.15) is 18.0 Å². The van der Waals surface area contributed by atoms with E-state index in [4.69, 9.17) is 0 Å². The molecule has 1 amide bonds. The van der Waals surface area contributed by atoms with Crippen molar-refractivity contribution in [2.75, 3.05) is 36.4 Å². The minimum atomic E-state index is 0.0613. The minimum absolute atomic E-state index is 0.0613. The molecule has 6 nitrogen and oxygen atoms in total. The van der Waals surface area contributed by atoms with Crippen LogP contribution in [0, 0.1) is 0 Å². The lowest BCUT2D eigenvalue weighted by Gasteiger charge is -2.23. The molecular weight excluding hydrogens is 254 g/mol. The monoisotopic (exact) mass is 277 g/mol. The maximum atomic E-state index is 11.7. The standard InChI is InChI=1S/C14H23N5O/c1-3-6-16-13-11(4-2)14(18-10-17-13)19-8-5-7-15-12(20)9-19/h10H,3-9H2,1-2H3,(H,15,20)(H,16,17,18). The Morgan fingerprint density at radius 3 is 3.00 bits per heavy atom. The number of nitrogens with one attached hydrogen (secondary N) is 2. The van der Waals surface area contributed by atoms with Crippen LogP contribution in [0.15, 0.2) is 6.33 Å². The van der Waals surface area contributed by atoms with E-state index in [0.29, 0.717) is 6.54 Å². The number of carbonyl (C=O) groups excluding carboxylic acids is 1. The molecule has 2 rings (SSSR count). The van der Waals surface area contributed by atoms with Gasteiger partial charge in [-0.25, -0.2) is 9.97 Å². The van der Waals surface area contributed by atoms with Crippen molar-refractivity contribution in [1.29, 1.82) is 0 Å². The fourth-order valence-electron chi connectivity index (χ4n) is 2.38. The van der Waals surface area contributed by atoms with Crippen LogP contribution in [0.3, 0.4) is 0 Å². The summed E-state index contributed by atoms with van der Waals surface area (Å²) in [5.41, 5.74) is 1.09. The first kappa shape index (κ1) is 14.6. The summed E-state index contributed by atoms with van der Waals surface area (Å²) in [7, 11) is 0. The lowest BCUT2D eigenvalue weighted by atomic mass is 10.2. The first-order valence-corrected chi connectivity index (χ1v) is 7.35. The lowest BCUT2D eigenvalue weighted by molar-refractivity contribution is -0.119. The van der Waals surface area contributed by atoms with Crippen molar-refractivity contribution in [2.45, 2.75) is 33.1 Å². The summed E-state index contributed by atoms with van der Waals surface area (Å²) in [6.45, 7) is 7.07. The highest BCUT2D eigenvalue weighted by Gasteiger charge is 2.20. The first-order valence-electron chi connectivity index (χ1n) is 7.35. The van der Waals surface area contributed by atoms with Gasteiger partial charge in [0.05, 0.1) is 6.54 Å². The number of hydrogen-bond donors (Lipinski definition) is 2. The van der Waals surface area contributed by atoms with Crippen LogP contribution < -0.4 is 15.5 Å². The van der Waals surface area contributed by atoms with E-state index >= 15 is 0 Å². The van der Waals surface area contributed by atoms with Crippen LogP contribution in [0.25, 0.3) is 0 Å². The number of aromatic nitrogens is 2. The molecule has 1 aliphatic rings. The molecule has 1 aromatic heterocycles. The van der Waals surface area contributed by atoms with Gasteiger partial charge in [-0.15, -0.1) is 0 Å². The summed E-state index contributed by atoms with van der Waals surface area (Å²) in [6.07, 6.45) is 4.42. The Bertz CT molecular complexity index is 463. The van der Waals surface area contributed by atoms with Gasteiger partial charge in [-0.2, -0.15) is 0 Å². The molecule has 2 heterocycles. The highest BCUT2D eigenvalue weighted by atomic mass is 16.2. The van der Waals surface area contributed by atoms with Gasteiger partial charge in [-0.1, -0.05) is 13.8 Å². The fraction of sp³-hybridized carbons (Fsp3) is 0.643. The van der Waals surface area contributed by atoms with Crippen molar-refractivity contribution in [3.63, 3.8) is 0 Å². The molecule has 1 aromatic rings. The summed E-state index contributed by atoms with van der Waals surface area (Å²) in [4.78, 5) is 22.5. The zero-order valence-electron chi connectivity index (χ0n) is 12.3. The van der Waals surface area contributed by atoms with Gasteiger partial charge in [0.15, 0.2) is 0 Å². The molecule has 0 atom stereocenters. The smallest absolute Gasteiger partial charge is 0.239 e. The predicted octanol–water partition coefficient (Wildman–Crippen LogP) is 1.19. The van der Waals surface area contributed by atoms with Crippen molar-refractivity contribution in [2.24, 2.45) is 0 Å². The maximum absolute atomic E-state index is 11.7. The van der Waals surface area contributed by atoms with E-state index in [0.717, 1.165) is 56.1 Å². The van der Waals surface area contributed by atoms with E-state index in [1.165, 1.54) is 0 Å². The molecule has 6 heteroatoms. The van der Waals surface area contributed by atoms with Gasteiger partial charge in [0, 0.05) is 25.2 Å². The SMILES string of the molecule is CCCNc1ncnc(N2CCCNC(=O)C2)c1CC. The average Bonchev–Trinajstić information content (AvgIpc) is 2.69. The summed E-state index contributed by atoms with van der Waals surface area (Å²) in [5, 5.41) is 6.23. The molecule has 2 N–H and O–H groups in total. The third-order valence-corrected chi connectivity index (χ3v) is 3.38. The molecule has 20 heavy (non-hydrogen) atoms. The summed E-state index contributed by atoms with van der Waals surface area (Å²) in [5.74, 6) is 1.84. The van der Waals surface area contributed by atoms with Gasteiger partial charge < -0.3 is 15.5 Å². The van der Waals surface area contributed by atoms with E-state index in [9.17, 15) is 4.79 Å². The number of anilines is 2. The molecular formula is C14H23N5O. The molecule has 0 aromatic carbocycles. The molecule has 1 fully saturated rings. The van der Waals surface area contributed by atoms with Crippen LogP contribution in [0.1, 0.15) is 32.3 Å². The molecule has 110 valence electrons. The maximum Gasteiger partial charge on any atom is 0.239 e. The summed E-state index contributed by atoms with van der Waals surface area (Å²) < 4.78 is 0. The molecule has 1 saturated heterocycles. The van der Waals surface area contributed by atoms with E-state index in [1.807, 2.05) is 0 Å². The Morgan fingerprint density at radius 2 is 2.25 bits per heavy atom. The normalized spacial score (nSPS) is 15.7. The molecule has 1 aliphatic heterocycles. The highest BCUT2D eigenvalue weighted by molar-refractivity contribution is 5.82. The van der Waals surface area contributed by atoms with E-state index in [2.05, 4.69) is 39.3 Å². The second-order valence-corrected chi connectivity index (χ2v) is 4.93. The van der Waals surface area contributed by atoms with Gasteiger partial charge in [0.25, 0.3) is 0 Å². The Balaban J connectivity index is 2.27.